The normalized spacial score (nSPS) is 14.5. The van der Waals surface area contributed by atoms with Crippen molar-refractivity contribution in [2.75, 3.05) is 18.0 Å². The summed E-state index contributed by atoms with van der Waals surface area (Å²) in [7, 11) is -3.64. The summed E-state index contributed by atoms with van der Waals surface area (Å²) in [6.45, 7) is 2.37. The number of anilines is 1. The van der Waals surface area contributed by atoms with Crippen molar-refractivity contribution in [3.05, 3.63) is 46.8 Å². The third kappa shape index (κ3) is 3.53. The number of nitrogens with zero attached hydrogens (tertiary/aromatic N) is 1. The van der Waals surface area contributed by atoms with Crippen LogP contribution in [0.25, 0.3) is 0 Å². The largest absolute Gasteiger partial charge is 0.311 e. The minimum atomic E-state index is -3.64. The van der Waals surface area contributed by atoms with Gasteiger partial charge in [0.25, 0.3) is 10.0 Å². The maximum absolute atomic E-state index is 12.5. The van der Waals surface area contributed by atoms with Crippen molar-refractivity contribution < 1.29 is 13.2 Å². The van der Waals surface area contributed by atoms with Crippen LogP contribution in [0.4, 0.5) is 5.69 Å². The lowest BCUT2D eigenvalue weighted by Crippen LogP contribution is -2.42. The Bertz CT molecular complexity index is 843. The fourth-order valence-electron chi connectivity index (χ4n) is 2.81. The summed E-state index contributed by atoms with van der Waals surface area (Å²) < 4.78 is 27.3. The Morgan fingerprint density at radius 1 is 1.25 bits per heavy atom. The Labute approximate surface area is 146 Å². The predicted molar refractivity (Wildman–Crippen MR) is 96.0 cm³/mol. The van der Waals surface area contributed by atoms with E-state index >= 15 is 0 Å². The van der Waals surface area contributed by atoms with Crippen molar-refractivity contribution in [2.24, 2.45) is 0 Å². The molecule has 1 aliphatic heterocycles. The number of hydrogen-bond acceptors (Lipinski definition) is 4. The summed E-state index contributed by atoms with van der Waals surface area (Å²) >= 11 is 1.24. The van der Waals surface area contributed by atoms with Gasteiger partial charge in [0.05, 0.1) is 6.54 Å². The fourth-order valence-corrected chi connectivity index (χ4v) is 5.12. The molecule has 2 aromatic rings. The third-order valence-corrected chi connectivity index (χ3v) is 7.20. The van der Waals surface area contributed by atoms with Crippen LogP contribution in [0.3, 0.4) is 0 Å². The predicted octanol–water partition coefficient (Wildman–Crippen LogP) is 2.57. The standard InChI is InChI=1S/C17H20N2O3S2/c1-2-14-9-10-17(23-14)24(21,22)18-12-16(20)19-11-5-7-13-6-3-4-8-15(13)19/h3-4,6,8-10,18H,2,5,7,11-12H2,1H3. The molecule has 0 aliphatic carbocycles. The summed E-state index contributed by atoms with van der Waals surface area (Å²) in [5.41, 5.74) is 2.02. The first-order valence-electron chi connectivity index (χ1n) is 7.98. The van der Waals surface area contributed by atoms with Gasteiger partial charge >= 0.3 is 0 Å². The first-order chi connectivity index (χ1) is 11.5. The molecule has 0 fully saturated rings. The van der Waals surface area contributed by atoms with Crippen LogP contribution < -0.4 is 9.62 Å². The Balaban J connectivity index is 1.70. The van der Waals surface area contributed by atoms with Crippen molar-refractivity contribution >= 4 is 33.0 Å². The number of para-hydroxylation sites is 1. The first kappa shape index (κ1) is 17.1. The van der Waals surface area contributed by atoms with E-state index in [1.165, 1.54) is 11.3 Å². The second-order valence-electron chi connectivity index (χ2n) is 5.68. The number of rotatable bonds is 5. The van der Waals surface area contributed by atoms with E-state index in [4.69, 9.17) is 0 Å². The van der Waals surface area contributed by atoms with E-state index in [9.17, 15) is 13.2 Å². The zero-order valence-corrected chi connectivity index (χ0v) is 15.1. The van der Waals surface area contributed by atoms with E-state index in [0.29, 0.717) is 6.54 Å². The lowest BCUT2D eigenvalue weighted by molar-refractivity contribution is -0.117. The molecule has 2 heterocycles. The van der Waals surface area contributed by atoms with Crippen LogP contribution in [0.5, 0.6) is 0 Å². The quantitative estimate of drug-likeness (QED) is 0.887. The van der Waals surface area contributed by atoms with Crippen molar-refractivity contribution in [3.8, 4) is 0 Å². The molecule has 0 spiro atoms. The van der Waals surface area contributed by atoms with Crippen molar-refractivity contribution in [1.29, 1.82) is 0 Å². The third-order valence-electron chi connectivity index (χ3n) is 4.08. The molecule has 0 unspecified atom stereocenters. The number of sulfonamides is 1. The zero-order chi connectivity index (χ0) is 17.2. The van der Waals surface area contributed by atoms with Gasteiger partial charge in [-0.05, 0) is 43.0 Å². The molecule has 0 saturated carbocycles. The number of amides is 1. The van der Waals surface area contributed by atoms with Crippen LogP contribution in [0.2, 0.25) is 0 Å². The lowest BCUT2D eigenvalue weighted by Gasteiger charge is -2.29. The molecule has 1 aliphatic rings. The highest BCUT2D eigenvalue weighted by Crippen LogP contribution is 2.27. The average molecular weight is 364 g/mol. The molecule has 7 heteroatoms. The monoisotopic (exact) mass is 364 g/mol. The number of thiophene rings is 1. The highest BCUT2D eigenvalue weighted by molar-refractivity contribution is 7.91. The second kappa shape index (κ2) is 7.04. The van der Waals surface area contributed by atoms with Crippen molar-refractivity contribution in [1.82, 2.24) is 4.72 Å². The van der Waals surface area contributed by atoms with Gasteiger partial charge in [0, 0.05) is 17.1 Å². The van der Waals surface area contributed by atoms with Gasteiger partial charge < -0.3 is 4.90 Å². The minimum absolute atomic E-state index is 0.224. The van der Waals surface area contributed by atoms with Crippen LogP contribution >= 0.6 is 11.3 Å². The van der Waals surface area contributed by atoms with Gasteiger partial charge in [-0.2, -0.15) is 0 Å². The number of fused-ring (bicyclic) bond motifs is 1. The van der Waals surface area contributed by atoms with Crippen molar-refractivity contribution in [2.45, 2.75) is 30.4 Å². The SMILES string of the molecule is CCc1ccc(S(=O)(=O)NCC(=O)N2CCCc3ccccc32)s1. The topological polar surface area (TPSA) is 66.5 Å². The molecule has 1 N–H and O–H groups in total. The number of carbonyl (C=O) groups excluding carboxylic acids is 1. The molecule has 0 saturated heterocycles. The van der Waals surface area contributed by atoms with Gasteiger partial charge in [0.15, 0.2) is 0 Å². The lowest BCUT2D eigenvalue weighted by atomic mass is 10.0. The van der Waals surface area contributed by atoms with E-state index in [2.05, 4.69) is 4.72 Å². The van der Waals surface area contributed by atoms with E-state index < -0.39 is 10.0 Å². The number of aryl methyl sites for hydroxylation is 2. The number of carbonyl (C=O) groups is 1. The minimum Gasteiger partial charge on any atom is -0.311 e. The number of hydrogen-bond donors (Lipinski definition) is 1. The smallest absolute Gasteiger partial charge is 0.250 e. The van der Waals surface area contributed by atoms with E-state index in [1.807, 2.05) is 37.3 Å². The maximum atomic E-state index is 12.5. The van der Waals surface area contributed by atoms with Gasteiger partial charge in [-0.3, -0.25) is 4.79 Å². The zero-order valence-electron chi connectivity index (χ0n) is 13.5. The molecular weight excluding hydrogens is 344 g/mol. The molecule has 1 aromatic heterocycles. The highest BCUT2D eigenvalue weighted by Gasteiger charge is 2.24. The second-order valence-corrected chi connectivity index (χ2v) is 8.84. The Morgan fingerprint density at radius 2 is 2.04 bits per heavy atom. The maximum Gasteiger partial charge on any atom is 0.250 e. The van der Waals surface area contributed by atoms with Crippen LogP contribution in [0.15, 0.2) is 40.6 Å². The van der Waals surface area contributed by atoms with Gasteiger partial charge in [-0.15, -0.1) is 11.3 Å². The van der Waals surface area contributed by atoms with E-state index in [1.54, 1.807) is 11.0 Å². The molecular formula is C17H20N2O3S2. The average Bonchev–Trinajstić information content (AvgIpc) is 3.09. The molecule has 1 amide bonds. The summed E-state index contributed by atoms with van der Waals surface area (Å²) in [5, 5.41) is 0. The van der Waals surface area contributed by atoms with Gasteiger partial charge in [0.1, 0.15) is 4.21 Å². The van der Waals surface area contributed by atoms with Crippen LogP contribution in [-0.4, -0.2) is 27.4 Å². The van der Waals surface area contributed by atoms with E-state index in [0.717, 1.165) is 35.4 Å². The van der Waals surface area contributed by atoms with Crippen LogP contribution in [0, 0.1) is 0 Å². The summed E-state index contributed by atoms with van der Waals surface area (Å²) in [6, 6.07) is 11.2. The van der Waals surface area contributed by atoms with Crippen molar-refractivity contribution in [3.63, 3.8) is 0 Å². The van der Waals surface area contributed by atoms with Crippen LogP contribution in [-0.2, 0) is 27.7 Å². The molecule has 0 bridgehead atoms. The Morgan fingerprint density at radius 3 is 2.79 bits per heavy atom. The molecule has 0 atom stereocenters. The van der Waals surface area contributed by atoms with Gasteiger partial charge in [-0.1, -0.05) is 25.1 Å². The Hall–Kier alpha value is -1.70. The summed E-state index contributed by atoms with van der Waals surface area (Å²) in [6.07, 6.45) is 2.63. The molecule has 1 aromatic carbocycles. The Kier molecular flexibility index (Phi) is 5.03. The molecule has 5 nitrogen and oxygen atoms in total. The van der Waals surface area contributed by atoms with Crippen LogP contribution in [0.1, 0.15) is 23.8 Å². The molecule has 128 valence electrons. The first-order valence-corrected chi connectivity index (χ1v) is 10.3. The van der Waals surface area contributed by atoms with Gasteiger partial charge in [-0.25, -0.2) is 13.1 Å². The number of benzene rings is 1. The molecule has 24 heavy (non-hydrogen) atoms. The summed E-state index contributed by atoms with van der Waals surface area (Å²) in [5.74, 6) is -0.224. The molecule has 0 radical (unpaired) electrons. The highest BCUT2D eigenvalue weighted by atomic mass is 32.2. The van der Waals surface area contributed by atoms with Gasteiger partial charge in [0.2, 0.25) is 5.91 Å². The molecule has 3 rings (SSSR count). The van der Waals surface area contributed by atoms with E-state index in [-0.39, 0.29) is 16.7 Å². The fraction of sp³-hybridized carbons (Fsp3) is 0.353. The summed E-state index contributed by atoms with van der Waals surface area (Å²) in [4.78, 5) is 15.2. The number of nitrogens with one attached hydrogen (secondary N) is 1.